The summed E-state index contributed by atoms with van der Waals surface area (Å²) in [6.45, 7) is 6.06. The summed E-state index contributed by atoms with van der Waals surface area (Å²) >= 11 is 0. The summed E-state index contributed by atoms with van der Waals surface area (Å²) in [5.74, 6) is -0.589. The van der Waals surface area contributed by atoms with Crippen molar-refractivity contribution in [2.24, 2.45) is 0 Å². The molecule has 1 aromatic carbocycles. The van der Waals surface area contributed by atoms with Crippen LogP contribution in [0.2, 0.25) is 0 Å². The van der Waals surface area contributed by atoms with Crippen LogP contribution in [0.15, 0.2) is 30.0 Å². The van der Waals surface area contributed by atoms with Crippen molar-refractivity contribution in [3.05, 3.63) is 41.1 Å². The fourth-order valence-corrected chi connectivity index (χ4v) is 2.10. The molecule has 0 unspecified atom stereocenters. The molecule has 106 valence electrons. The number of esters is 1. The van der Waals surface area contributed by atoms with Crippen molar-refractivity contribution in [1.82, 2.24) is 0 Å². The summed E-state index contributed by atoms with van der Waals surface area (Å²) < 4.78 is 4.86. The number of nitriles is 1. The Balaban J connectivity index is 3.15. The van der Waals surface area contributed by atoms with E-state index in [9.17, 15) is 4.79 Å². The molecule has 4 nitrogen and oxygen atoms in total. The number of hydrogen-bond donors (Lipinski definition) is 0. The van der Waals surface area contributed by atoms with E-state index < -0.39 is 5.97 Å². The predicted molar refractivity (Wildman–Crippen MR) is 79.3 cm³/mol. The van der Waals surface area contributed by atoms with E-state index in [1.54, 1.807) is 6.92 Å². The van der Waals surface area contributed by atoms with Crippen molar-refractivity contribution in [3.8, 4) is 6.07 Å². The molecule has 0 spiro atoms. The second-order valence-corrected chi connectivity index (χ2v) is 4.42. The van der Waals surface area contributed by atoms with Gasteiger partial charge in [-0.05, 0) is 31.4 Å². The Bertz CT molecular complexity index is 556. The zero-order chi connectivity index (χ0) is 15.1. The zero-order valence-corrected chi connectivity index (χ0v) is 12.4. The van der Waals surface area contributed by atoms with Crippen molar-refractivity contribution in [2.45, 2.75) is 27.2 Å². The maximum absolute atomic E-state index is 11.6. The maximum atomic E-state index is 11.6. The topological polar surface area (TPSA) is 53.3 Å². The minimum atomic E-state index is -0.589. The van der Waals surface area contributed by atoms with Crippen LogP contribution in [0, 0.1) is 18.3 Å². The molecule has 0 radical (unpaired) electrons. The van der Waals surface area contributed by atoms with E-state index in [1.165, 1.54) is 11.8 Å². The van der Waals surface area contributed by atoms with Crippen LogP contribution in [-0.2, 0) is 16.0 Å². The summed E-state index contributed by atoms with van der Waals surface area (Å²) in [5.41, 5.74) is 3.29. The zero-order valence-electron chi connectivity index (χ0n) is 12.4. The van der Waals surface area contributed by atoms with Crippen molar-refractivity contribution >= 4 is 11.7 Å². The van der Waals surface area contributed by atoms with Crippen LogP contribution in [-0.4, -0.2) is 19.6 Å². The molecule has 0 saturated carbocycles. The Labute approximate surface area is 120 Å². The predicted octanol–water partition coefficient (Wildman–Crippen LogP) is 2.96. The van der Waals surface area contributed by atoms with E-state index in [0.29, 0.717) is 0 Å². The van der Waals surface area contributed by atoms with Crippen molar-refractivity contribution < 1.29 is 9.53 Å². The lowest BCUT2D eigenvalue weighted by Crippen LogP contribution is -2.16. The Morgan fingerprint density at radius 1 is 1.45 bits per heavy atom. The summed E-state index contributed by atoms with van der Waals surface area (Å²) in [4.78, 5) is 13.4. The van der Waals surface area contributed by atoms with Gasteiger partial charge in [-0.1, -0.05) is 25.1 Å². The van der Waals surface area contributed by atoms with E-state index in [0.717, 1.165) is 17.7 Å². The molecule has 1 aromatic rings. The molecule has 0 aliphatic rings. The molecular formula is C16H20N2O2. The van der Waals surface area contributed by atoms with Crippen LogP contribution in [0.1, 0.15) is 25.0 Å². The summed E-state index contributed by atoms with van der Waals surface area (Å²) in [5, 5.41) is 9.07. The van der Waals surface area contributed by atoms with Crippen LogP contribution >= 0.6 is 0 Å². The molecule has 0 aliphatic carbocycles. The molecular weight excluding hydrogens is 252 g/mol. The molecule has 0 heterocycles. The first-order chi connectivity index (χ1) is 9.54. The highest BCUT2D eigenvalue weighted by atomic mass is 16.5. The Morgan fingerprint density at radius 2 is 2.15 bits per heavy atom. The number of rotatable bonds is 5. The van der Waals surface area contributed by atoms with Gasteiger partial charge in [-0.3, -0.25) is 0 Å². The normalized spacial score (nSPS) is 10.8. The largest absolute Gasteiger partial charge is 0.462 e. The lowest BCUT2D eigenvalue weighted by Gasteiger charge is -2.21. The van der Waals surface area contributed by atoms with Crippen LogP contribution < -0.4 is 4.90 Å². The quantitative estimate of drug-likeness (QED) is 0.470. The Hall–Kier alpha value is -2.28. The number of benzene rings is 1. The summed E-state index contributed by atoms with van der Waals surface area (Å²) in [6, 6.07) is 7.95. The standard InChI is InChI=1S/C16H20N2O2/c1-5-13-9-7-8-12(3)15(13)18(4)11-14(10-17)16(19)20-6-2/h7-9,11H,5-6H2,1-4H3/b14-11-. The van der Waals surface area contributed by atoms with Gasteiger partial charge in [0.25, 0.3) is 0 Å². The SMILES string of the molecule is CCOC(=O)/C(C#N)=C\N(C)c1c(C)cccc1CC. The molecule has 0 amide bonds. The first-order valence-corrected chi connectivity index (χ1v) is 6.65. The third-order valence-corrected chi connectivity index (χ3v) is 2.99. The molecule has 0 bridgehead atoms. The minimum absolute atomic E-state index is 0.000318. The molecule has 0 N–H and O–H groups in total. The fourth-order valence-electron chi connectivity index (χ4n) is 2.10. The van der Waals surface area contributed by atoms with E-state index >= 15 is 0 Å². The third kappa shape index (κ3) is 3.61. The second-order valence-electron chi connectivity index (χ2n) is 4.42. The number of anilines is 1. The average Bonchev–Trinajstić information content (AvgIpc) is 2.44. The van der Waals surface area contributed by atoms with Crippen LogP contribution in [0.5, 0.6) is 0 Å². The Morgan fingerprint density at radius 3 is 2.70 bits per heavy atom. The fraction of sp³-hybridized carbons (Fsp3) is 0.375. The lowest BCUT2D eigenvalue weighted by atomic mass is 10.0. The van der Waals surface area contributed by atoms with Crippen LogP contribution in [0.4, 0.5) is 5.69 Å². The van der Waals surface area contributed by atoms with E-state index in [-0.39, 0.29) is 12.2 Å². The number of hydrogen-bond acceptors (Lipinski definition) is 4. The van der Waals surface area contributed by atoms with Gasteiger partial charge in [-0.25, -0.2) is 4.79 Å². The van der Waals surface area contributed by atoms with Crippen LogP contribution in [0.3, 0.4) is 0 Å². The smallest absolute Gasteiger partial charge is 0.350 e. The number of nitrogens with zero attached hydrogens (tertiary/aromatic N) is 2. The molecule has 1 rings (SSSR count). The van der Waals surface area contributed by atoms with Gasteiger partial charge in [0.15, 0.2) is 5.57 Å². The lowest BCUT2D eigenvalue weighted by molar-refractivity contribution is -0.138. The van der Waals surface area contributed by atoms with Crippen molar-refractivity contribution in [1.29, 1.82) is 5.26 Å². The van der Waals surface area contributed by atoms with Gasteiger partial charge in [0.05, 0.1) is 6.61 Å². The highest BCUT2D eigenvalue weighted by Gasteiger charge is 2.13. The third-order valence-electron chi connectivity index (χ3n) is 2.99. The van der Waals surface area contributed by atoms with Gasteiger partial charge in [-0.15, -0.1) is 0 Å². The highest BCUT2D eigenvalue weighted by molar-refractivity contribution is 5.93. The minimum Gasteiger partial charge on any atom is -0.462 e. The van der Waals surface area contributed by atoms with E-state index in [4.69, 9.17) is 10.00 Å². The first-order valence-electron chi connectivity index (χ1n) is 6.65. The van der Waals surface area contributed by atoms with Gasteiger partial charge in [0.2, 0.25) is 0 Å². The monoisotopic (exact) mass is 272 g/mol. The maximum Gasteiger partial charge on any atom is 0.350 e. The van der Waals surface area contributed by atoms with E-state index in [1.807, 2.05) is 43.1 Å². The van der Waals surface area contributed by atoms with Gasteiger partial charge >= 0.3 is 5.97 Å². The molecule has 0 fully saturated rings. The van der Waals surface area contributed by atoms with Gasteiger partial charge in [0.1, 0.15) is 6.07 Å². The second kappa shape index (κ2) is 7.34. The Kier molecular flexibility index (Phi) is 5.79. The van der Waals surface area contributed by atoms with Crippen LogP contribution in [0.25, 0.3) is 0 Å². The number of para-hydroxylation sites is 1. The summed E-state index contributed by atoms with van der Waals surface area (Å²) in [7, 11) is 1.83. The average molecular weight is 272 g/mol. The van der Waals surface area contributed by atoms with Crippen molar-refractivity contribution in [3.63, 3.8) is 0 Å². The highest BCUT2D eigenvalue weighted by Crippen LogP contribution is 2.25. The van der Waals surface area contributed by atoms with Gasteiger partial charge in [0, 0.05) is 18.9 Å². The number of ether oxygens (including phenoxy) is 1. The number of carbonyl (C=O) groups excluding carboxylic acids is 1. The molecule has 4 heteroatoms. The number of aryl methyl sites for hydroxylation is 2. The molecule has 0 aromatic heterocycles. The molecule has 0 saturated heterocycles. The van der Waals surface area contributed by atoms with Gasteiger partial charge < -0.3 is 9.64 Å². The molecule has 0 atom stereocenters. The van der Waals surface area contributed by atoms with E-state index in [2.05, 4.69) is 6.92 Å². The summed E-state index contributed by atoms with van der Waals surface area (Å²) in [6.07, 6.45) is 2.41. The van der Waals surface area contributed by atoms with Crippen molar-refractivity contribution in [2.75, 3.05) is 18.6 Å². The number of carbonyl (C=O) groups is 1. The molecule has 20 heavy (non-hydrogen) atoms. The van der Waals surface area contributed by atoms with Gasteiger partial charge in [-0.2, -0.15) is 5.26 Å². The molecule has 0 aliphatic heterocycles. The first kappa shape index (κ1) is 15.8.